The number of rotatable bonds is 8. The maximum atomic E-state index is 14.6. The lowest BCUT2D eigenvalue weighted by Gasteiger charge is -2.32. The number of carbonyl (C=O) groups excluding carboxylic acids is 1. The standard InChI is InChI=1S/C28H31F3N2O6/c1-3-18-10-12-19(13-11-18)14-23-25(28(29,30)31)33(20-8-6-4-5-7-9-20)32-26(23)39-24-16-21(34)15-22(38-24)17-37-27(35)36-2/h4,6-13,21-22,24,34H,3,5,14-17H2,1-2H3. The molecule has 1 N–H and O–H groups in total. The van der Waals surface area contributed by atoms with Crippen LogP contribution < -0.4 is 4.74 Å². The zero-order chi connectivity index (χ0) is 28.0. The second kappa shape index (κ2) is 12.5. The molecule has 0 radical (unpaired) electrons. The molecule has 2 aliphatic rings. The molecular formula is C28H31F3N2O6. The van der Waals surface area contributed by atoms with Gasteiger partial charge in [0.2, 0.25) is 12.2 Å². The van der Waals surface area contributed by atoms with Gasteiger partial charge < -0.3 is 24.1 Å². The number of halogens is 3. The van der Waals surface area contributed by atoms with Crippen LogP contribution in [-0.4, -0.2) is 53.3 Å². The lowest BCUT2D eigenvalue weighted by molar-refractivity contribution is -0.187. The van der Waals surface area contributed by atoms with Crippen LogP contribution in [0, 0.1) is 0 Å². The summed E-state index contributed by atoms with van der Waals surface area (Å²) >= 11 is 0. The van der Waals surface area contributed by atoms with E-state index in [1.54, 1.807) is 36.4 Å². The third-order valence-corrected chi connectivity index (χ3v) is 6.38. The van der Waals surface area contributed by atoms with Crippen LogP contribution in [0.15, 0.2) is 54.6 Å². The maximum absolute atomic E-state index is 14.6. The van der Waals surface area contributed by atoms with E-state index in [1.165, 1.54) is 0 Å². The number of carbonyl (C=O) groups is 1. The SMILES string of the molecule is CCc1ccc(Cc2c(OC3CC(O)CC(COC(=O)OC)O3)nn(C3=CC=CCC=C3)c2C(F)(F)F)cc1. The molecule has 0 spiro atoms. The van der Waals surface area contributed by atoms with Crippen LogP contribution >= 0.6 is 0 Å². The number of allylic oxidation sites excluding steroid dienone is 6. The van der Waals surface area contributed by atoms with Gasteiger partial charge in [-0.25, -0.2) is 9.48 Å². The van der Waals surface area contributed by atoms with E-state index < -0.39 is 36.5 Å². The van der Waals surface area contributed by atoms with Gasteiger partial charge in [0.15, 0.2) is 5.69 Å². The second-order valence-corrected chi connectivity index (χ2v) is 9.24. The molecule has 1 aromatic heterocycles. The number of ether oxygens (including phenoxy) is 4. The molecular weight excluding hydrogens is 517 g/mol. The second-order valence-electron chi connectivity index (χ2n) is 9.24. The topological polar surface area (TPSA) is 92.0 Å². The minimum atomic E-state index is -4.75. The molecule has 1 fully saturated rings. The normalized spacial score (nSPS) is 21.3. The van der Waals surface area contributed by atoms with Crippen LogP contribution in [0.2, 0.25) is 0 Å². The third kappa shape index (κ3) is 7.30. The fourth-order valence-electron chi connectivity index (χ4n) is 4.44. The average Bonchev–Trinajstić information content (AvgIpc) is 3.06. The summed E-state index contributed by atoms with van der Waals surface area (Å²) in [7, 11) is 1.16. The van der Waals surface area contributed by atoms with Crippen molar-refractivity contribution in [3.05, 3.63) is 77.0 Å². The Labute approximate surface area is 224 Å². The van der Waals surface area contributed by atoms with E-state index in [2.05, 4.69) is 9.84 Å². The van der Waals surface area contributed by atoms with Gasteiger partial charge in [-0.3, -0.25) is 0 Å². The van der Waals surface area contributed by atoms with Crippen molar-refractivity contribution in [2.75, 3.05) is 13.7 Å². The Kier molecular flexibility index (Phi) is 9.13. The molecule has 4 rings (SSSR count). The van der Waals surface area contributed by atoms with E-state index in [-0.39, 0.29) is 43.0 Å². The van der Waals surface area contributed by atoms with E-state index in [9.17, 15) is 23.1 Å². The van der Waals surface area contributed by atoms with Crippen molar-refractivity contribution in [1.82, 2.24) is 9.78 Å². The molecule has 1 saturated heterocycles. The van der Waals surface area contributed by atoms with Crippen LogP contribution in [0.5, 0.6) is 5.88 Å². The minimum absolute atomic E-state index is 0.00108. The van der Waals surface area contributed by atoms with Crippen LogP contribution in [-0.2, 0) is 33.2 Å². The van der Waals surface area contributed by atoms with E-state index in [1.807, 2.05) is 25.1 Å². The molecule has 1 aliphatic heterocycles. The summed E-state index contributed by atoms with van der Waals surface area (Å²) in [6, 6.07) is 7.33. The van der Waals surface area contributed by atoms with E-state index in [0.29, 0.717) is 12.0 Å². The predicted molar refractivity (Wildman–Crippen MR) is 136 cm³/mol. The number of aliphatic hydroxyl groups is 1. The van der Waals surface area contributed by atoms with E-state index in [0.717, 1.165) is 23.8 Å². The van der Waals surface area contributed by atoms with Crippen molar-refractivity contribution in [3.8, 4) is 5.88 Å². The van der Waals surface area contributed by atoms with Gasteiger partial charge in [-0.1, -0.05) is 49.4 Å². The summed E-state index contributed by atoms with van der Waals surface area (Å²) in [4.78, 5) is 11.3. The van der Waals surface area contributed by atoms with Crippen molar-refractivity contribution < 1.29 is 42.0 Å². The Balaban J connectivity index is 1.71. The van der Waals surface area contributed by atoms with Crippen molar-refractivity contribution in [2.45, 2.75) is 63.7 Å². The number of methoxy groups -OCH3 is 1. The number of hydrogen-bond acceptors (Lipinski definition) is 7. The number of alkyl halides is 3. The zero-order valence-electron chi connectivity index (χ0n) is 21.7. The Hall–Kier alpha value is -3.57. The largest absolute Gasteiger partial charge is 0.508 e. The van der Waals surface area contributed by atoms with Crippen molar-refractivity contribution >= 4 is 11.9 Å². The first-order valence-electron chi connectivity index (χ1n) is 12.7. The fourth-order valence-corrected chi connectivity index (χ4v) is 4.44. The van der Waals surface area contributed by atoms with Crippen molar-refractivity contribution in [1.29, 1.82) is 0 Å². The molecule has 8 nitrogen and oxygen atoms in total. The molecule has 210 valence electrons. The minimum Gasteiger partial charge on any atom is -0.446 e. The molecule has 1 aromatic carbocycles. The van der Waals surface area contributed by atoms with Crippen LogP contribution in [0.25, 0.3) is 5.70 Å². The van der Waals surface area contributed by atoms with Gasteiger partial charge in [0.25, 0.3) is 0 Å². The highest BCUT2D eigenvalue weighted by molar-refractivity contribution is 5.62. The van der Waals surface area contributed by atoms with Gasteiger partial charge in [-0.05, 0) is 36.1 Å². The highest BCUT2D eigenvalue weighted by atomic mass is 19.4. The molecule has 2 aromatic rings. The summed E-state index contributed by atoms with van der Waals surface area (Å²) in [5.74, 6) is -0.254. The first-order valence-corrected chi connectivity index (χ1v) is 12.7. The summed E-state index contributed by atoms with van der Waals surface area (Å²) in [5.41, 5.74) is 0.835. The van der Waals surface area contributed by atoms with Crippen LogP contribution in [0.1, 0.15) is 48.6 Å². The summed E-state index contributed by atoms with van der Waals surface area (Å²) < 4.78 is 65.7. The Morgan fingerprint density at radius 2 is 1.92 bits per heavy atom. The van der Waals surface area contributed by atoms with Crippen molar-refractivity contribution in [2.24, 2.45) is 0 Å². The fraction of sp³-hybridized carbons (Fsp3) is 0.429. The molecule has 3 atom stereocenters. The Morgan fingerprint density at radius 1 is 1.18 bits per heavy atom. The van der Waals surface area contributed by atoms with Gasteiger partial charge in [0.1, 0.15) is 6.61 Å². The van der Waals surface area contributed by atoms with E-state index in [4.69, 9.17) is 14.2 Å². The molecule has 3 unspecified atom stereocenters. The zero-order valence-corrected chi connectivity index (χ0v) is 21.7. The molecule has 0 amide bonds. The number of nitrogens with zero attached hydrogens (tertiary/aromatic N) is 2. The maximum Gasteiger partial charge on any atom is 0.508 e. The first kappa shape index (κ1) is 28.4. The summed E-state index contributed by atoms with van der Waals surface area (Å²) in [5, 5.41) is 14.6. The van der Waals surface area contributed by atoms with Gasteiger partial charge in [-0.15, -0.1) is 5.10 Å². The number of hydrogen-bond donors (Lipinski definition) is 1. The average molecular weight is 549 g/mol. The van der Waals surface area contributed by atoms with Gasteiger partial charge >= 0.3 is 12.3 Å². The number of aryl methyl sites for hydroxylation is 1. The lowest BCUT2D eigenvalue weighted by Crippen LogP contribution is -2.41. The highest BCUT2D eigenvalue weighted by Crippen LogP contribution is 2.40. The molecule has 2 heterocycles. The van der Waals surface area contributed by atoms with Crippen LogP contribution in [0.3, 0.4) is 0 Å². The smallest absolute Gasteiger partial charge is 0.446 e. The molecule has 0 bridgehead atoms. The van der Waals surface area contributed by atoms with Crippen LogP contribution in [0.4, 0.5) is 18.0 Å². The van der Waals surface area contributed by atoms with Crippen molar-refractivity contribution in [3.63, 3.8) is 0 Å². The predicted octanol–water partition coefficient (Wildman–Crippen LogP) is 5.44. The molecule has 1 aliphatic carbocycles. The summed E-state index contributed by atoms with van der Waals surface area (Å²) in [6.07, 6.45) is 1.38. The molecule has 39 heavy (non-hydrogen) atoms. The quantitative estimate of drug-likeness (QED) is 0.439. The van der Waals surface area contributed by atoms with E-state index >= 15 is 0 Å². The molecule has 11 heteroatoms. The van der Waals surface area contributed by atoms with Gasteiger partial charge in [0, 0.05) is 19.3 Å². The number of benzene rings is 1. The Morgan fingerprint density at radius 3 is 2.62 bits per heavy atom. The monoisotopic (exact) mass is 548 g/mol. The first-order chi connectivity index (χ1) is 18.7. The third-order valence-electron chi connectivity index (χ3n) is 6.38. The summed E-state index contributed by atoms with van der Waals surface area (Å²) in [6.45, 7) is 1.78. The number of aliphatic hydroxyl groups excluding tert-OH is 1. The van der Waals surface area contributed by atoms with Gasteiger partial charge in [0.05, 0.1) is 30.6 Å². The lowest BCUT2D eigenvalue weighted by atomic mass is 10.0. The molecule has 0 saturated carbocycles. The highest BCUT2D eigenvalue weighted by Gasteiger charge is 2.42. The number of aromatic nitrogens is 2. The van der Waals surface area contributed by atoms with Gasteiger partial charge in [-0.2, -0.15) is 13.2 Å². The Bertz CT molecular complexity index is 1230.